The Morgan fingerprint density at radius 1 is 1.14 bits per heavy atom. The van der Waals surface area contributed by atoms with Gasteiger partial charge in [-0.2, -0.15) is 0 Å². The Labute approximate surface area is 167 Å². The van der Waals surface area contributed by atoms with Gasteiger partial charge in [-0.1, -0.05) is 6.07 Å². The van der Waals surface area contributed by atoms with Crippen molar-refractivity contribution in [1.29, 1.82) is 0 Å². The summed E-state index contributed by atoms with van der Waals surface area (Å²) in [6.45, 7) is 3.26. The summed E-state index contributed by atoms with van der Waals surface area (Å²) in [5, 5.41) is 2.57. The van der Waals surface area contributed by atoms with E-state index in [9.17, 15) is 18.8 Å². The largest absolute Gasteiger partial charge is 0.426 e. The minimum Gasteiger partial charge on any atom is -0.426 e. The highest BCUT2D eigenvalue weighted by atomic mass is 19.1. The second-order valence-electron chi connectivity index (χ2n) is 7.20. The lowest BCUT2D eigenvalue weighted by Gasteiger charge is -2.41. The first kappa shape index (κ1) is 18.9. The molecule has 0 aromatic heterocycles. The van der Waals surface area contributed by atoms with Crippen LogP contribution in [0.4, 0.5) is 15.8 Å². The number of fused-ring (bicyclic) bond motifs is 1. The normalized spacial score (nSPS) is 18.3. The number of piperazine rings is 1. The molecular weight excluding hydrogens is 377 g/mol. The molecule has 2 aliphatic heterocycles. The summed E-state index contributed by atoms with van der Waals surface area (Å²) in [5.74, 6) is -1.59. The molecule has 7 nitrogen and oxygen atoms in total. The highest BCUT2D eigenvalue weighted by molar-refractivity contribution is 6.39. The summed E-state index contributed by atoms with van der Waals surface area (Å²) >= 11 is 0. The van der Waals surface area contributed by atoms with Crippen LogP contribution in [0.2, 0.25) is 0 Å². The van der Waals surface area contributed by atoms with E-state index in [-0.39, 0.29) is 24.2 Å². The van der Waals surface area contributed by atoms with E-state index in [1.54, 1.807) is 30.3 Å². The van der Waals surface area contributed by atoms with E-state index in [1.165, 1.54) is 17.0 Å². The second-order valence-corrected chi connectivity index (χ2v) is 7.20. The molecule has 150 valence electrons. The van der Waals surface area contributed by atoms with Gasteiger partial charge in [-0.05, 0) is 37.3 Å². The van der Waals surface area contributed by atoms with Gasteiger partial charge in [0.25, 0.3) is 0 Å². The highest BCUT2D eigenvalue weighted by Gasteiger charge is 2.30. The van der Waals surface area contributed by atoms with Crippen LogP contribution in [0.3, 0.4) is 0 Å². The van der Waals surface area contributed by atoms with Crippen molar-refractivity contribution in [3.05, 3.63) is 53.8 Å². The predicted molar refractivity (Wildman–Crippen MR) is 104 cm³/mol. The Morgan fingerprint density at radius 2 is 1.90 bits per heavy atom. The molecule has 2 aromatic carbocycles. The third-order valence-corrected chi connectivity index (χ3v) is 5.15. The monoisotopic (exact) mass is 397 g/mol. The summed E-state index contributed by atoms with van der Waals surface area (Å²) in [5.41, 5.74) is 2.03. The fourth-order valence-corrected chi connectivity index (χ4v) is 3.67. The molecule has 1 saturated heterocycles. The summed E-state index contributed by atoms with van der Waals surface area (Å²) in [4.78, 5) is 39.9. The van der Waals surface area contributed by atoms with E-state index in [0.29, 0.717) is 31.1 Å². The van der Waals surface area contributed by atoms with Gasteiger partial charge in [0, 0.05) is 48.7 Å². The fourth-order valence-electron chi connectivity index (χ4n) is 3.67. The molecule has 0 saturated carbocycles. The van der Waals surface area contributed by atoms with Crippen molar-refractivity contribution in [2.45, 2.75) is 19.4 Å². The van der Waals surface area contributed by atoms with Crippen LogP contribution in [0.15, 0.2) is 42.5 Å². The van der Waals surface area contributed by atoms with E-state index in [2.05, 4.69) is 10.2 Å². The third-order valence-electron chi connectivity index (χ3n) is 5.15. The molecule has 1 atom stereocenters. The molecule has 0 radical (unpaired) electrons. The number of ether oxygens (including phenoxy) is 1. The van der Waals surface area contributed by atoms with Crippen molar-refractivity contribution in [2.24, 2.45) is 0 Å². The lowest BCUT2D eigenvalue weighted by molar-refractivity contribution is -0.143. The van der Waals surface area contributed by atoms with Crippen molar-refractivity contribution in [3.63, 3.8) is 0 Å². The van der Waals surface area contributed by atoms with Crippen LogP contribution >= 0.6 is 0 Å². The fraction of sp³-hybridized carbons (Fsp3) is 0.286. The molecule has 29 heavy (non-hydrogen) atoms. The average Bonchev–Trinajstić information content (AvgIpc) is 3.07. The molecule has 0 unspecified atom stereocenters. The maximum absolute atomic E-state index is 13.1. The topological polar surface area (TPSA) is 79.0 Å². The van der Waals surface area contributed by atoms with Gasteiger partial charge in [-0.3, -0.25) is 14.4 Å². The zero-order chi connectivity index (χ0) is 20.5. The van der Waals surface area contributed by atoms with Crippen LogP contribution in [0.5, 0.6) is 5.75 Å². The predicted octanol–water partition coefficient (Wildman–Crippen LogP) is 1.96. The molecule has 1 fully saturated rings. The maximum Gasteiger partial charge on any atom is 0.315 e. The summed E-state index contributed by atoms with van der Waals surface area (Å²) in [7, 11) is 0. The van der Waals surface area contributed by atoms with Gasteiger partial charge in [-0.15, -0.1) is 0 Å². The minimum absolute atomic E-state index is 0.0228. The number of hydrogen-bond donors (Lipinski definition) is 1. The molecule has 2 aliphatic rings. The van der Waals surface area contributed by atoms with Crippen LogP contribution in [-0.2, 0) is 20.8 Å². The number of amides is 2. The number of nitrogens with one attached hydrogen (secondary N) is 1. The first-order valence-electron chi connectivity index (χ1n) is 9.37. The molecule has 4 rings (SSSR count). The number of anilines is 2. The molecule has 0 spiro atoms. The van der Waals surface area contributed by atoms with Crippen LogP contribution in [-0.4, -0.2) is 48.4 Å². The van der Waals surface area contributed by atoms with Gasteiger partial charge in [0.2, 0.25) is 0 Å². The van der Waals surface area contributed by atoms with Crippen LogP contribution in [0.25, 0.3) is 0 Å². The Morgan fingerprint density at radius 3 is 2.62 bits per heavy atom. The zero-order valence-electron chi connectivity index (χ0n) is 15.9. The van der Waals surface area contributed by atoms with Crippen molar-refractivity contribution in [1.82, 2.24) is 4.90 Å². The number of carbonyl (C=O) groups excluding carboxylic acids is 3. The van der Waals surface area contributed by atoms with E-state index in [4.69, 9.17) is 4.74 Å². The number of benzene rings is 2. The molecular formula is C21H20FN3O4. The molecule has 0 bridgehead atoms. The number of esters is 1. The van der Waals surface area contributed by atoms with Crippen LogP contribution < -0.4 is 15.0 Å². The van der Waals surface area contributed by atoms with Gasteiger partial charge in [0.05, 0.1) is 6.42 Å². The summed E-state index contributed by atoms with van der Waals surface area (Å²) in [6.07, 6.45) is 0.207. The maximum atomic E-state index is 13.1. The standard InChI is InChI=1S/C21H20FN3O4/c1-13-12-24(8-9-25(13)17-6-3-15(22)4-7-17)21(28)20(27)23-16-5-2-14-10-19(26)29-18(14)11-16/h2-7,11,13H,8-10,12H2,1H3,(H,23,27)/t13-/m1/s1. The van der Waals surface area contributed by atoms with E-state index >= 15 is 0 Å². The summed E-state index contributed by atoms with van der Waals surface area (Å²) < 4.78 is 18.2. The molecule has 1 N–H and O–H groups in total. The Hall–Kier alpha value is -3.42. The second kappa shape index (κ2) is 7.54. The Balaban J connectivity index is 1.37. The SMILES string of the molecule is C[C@@H]1CN(C(=O)C(=O)Nc2ccc3c(c2)OC(=O)C3)CCN1c1ccc(F)cc1. The molecule has 2 heterocycles. The van der Waals surface area contributed by atoms with E-state index < -0.39 is 11.8 Å². The highest BCUT2D eigenvalue weighted by Crippen LogP contribution is 2.29. The van der Waals surface area contributed by atoms with Gasteiger partial charge in [0.1, 0.15) is 11.6 Å². The number of halogens is 1. The smallest absolute Gasteiger partial charge is 0.315 e. The van der Waals surface area contributed by atoms with E-state index in [1.807, 2.05) is 6.92 Å². The van der Waals surface area contributed by atoms with Crippen molar-refractivity contribution < 1.29 is 23.5 Å². The average molecular weight is 397 g/mol. The molecule has 2 amide bonds. The minimum atomic E-state index is -0.739. The number of nitrogens with zero attached hydrogens (tertiary/aromatic N) is 2. The molecule has 0 aliphatic carbocycles. The van der Waals surface area contributed by atoms with Gasteiger partial charge in [-0.25, -0.2) is 4.39 Å². The van der Waals surface area contributed by atoms with Crippen LogP contribution in [0.1, 0.15) is 12.5 Å². The lowest BCUT2D eigenvalue weighted by atomic mass is 10.1. The number of rotatable bonds is 2. The molecule has 2 aromatic rings. The third kappa shape index (κ3) is 3.91. The number of hydrogen-bond acceptors (Lipinski definition) is 5. The molecule has 8 heteroatoms. The van der Waals surface area contributed by atoms with Crippen molar-refractivity contribution >= 4 is 29.2 Å². The number of carbonyl (C=O) groups is 3. The first-order chi connectivity index (χ1) is 13.9. The quantitative estimate of drug-likeness (QED) is 0.476. The van der Waals surface area contributed by atoms with Crippen LogP contribution in [0, 0.1) is 5.82 Å². The van der Waals surface area contributed by atoms with Gasteiger partial charge < -0.3 is 19.9 Å². The Bertz CT molecular complexity index is 976. The van der Waals surface area contributed by atoms with Crippen molar-refractivity contribution in [3.8, 4) is 5.75 Å². The van der Waals surface area contributed by atoms with E-state index in [0.717, 1.165) is 11.3 Å². The lowest BCUT2D eigenvalue weighted by Crippen LogP contribution is -2.55. The van der Waals surface area contributed by atoms with Crippen molar-refractivity contribution in [2.75, 3.05) is 29.9 Å². The van der Waals surface area contributed by atoms with Gasteiger partial charge >= 0.3 is 17.8 Å². The summed E-state index contributed by atoms with van der Waals surface area (Å²) in [6, 6.07) is 11.1. The first-order valence-corrected chi connectivity index (χ1v) is 9.37. The Kier molecular flexibility index (Phi) is 4.92. The van der Waals surface area contributed by atoms with Gasteiger partial charge in [0.15, 0.2) is 0 Å². The zero-order valence-corrected chi connectivity index (χ0v) is 15.9.